The molecule has 0 spiro atoms. The standard InChI is InChI=1S/C18H30N2O2S/c1-14(15-6-11-23-12-15)19-13-18(5)7-9-20(10-8-18)16(21)22-17(2,3)4/h6,11-12,14,19H,7-10,13H2,1-5H3. The Morgan fingerprint density at radius 2 is 2.09 bits per heavy atom. The summed E-state index contributed by atoms with van der Waals surface area (Å²) >= 11 is 1.74. The fourth-order valence-corrected chi connectivity index (χ4v) is 3.53. The van der Waals surface area contributed by atoms with Crippen molar-refractivity contribution in [1.29, 1.82) is 0 Å². The van der Waals surface area contributed by atoms with Crippen LogP contribution in [0.3, 0.4) is 0 Å². The Bertz CT molecular complexity index is 500. The van der Waals surface area contributed by atoms with Crippen molar-refractivity contribution in [2.45, 2.75) is 59.1 Å². The first-order chi connectivity index (χ1) is 10.7. The molecular weight excluding hydrogens is 308 g/mol. The lowest BCUT2D eigenvalue weighted by atomic mass is 9.80. The maximum Gasteiger partial charge on any atom is 0.410 e. The maximum absolute atomic E-state index is 12.1. The number of rotatable bonds is 4. The van der Waals surface area contributed by atoms with Gasteiger partial charge in [-0.1, -0.05) is 6.92 Å². The van der Waals surface area contributed by atoms with E-state index in [2.05, 4.69) is 36.0 Å². The molecule has 0 aromatic carbocycles. The number of carbonyl (C=O) groups is 1. The van der Waals surface area contributed by atoms with Crippen molar-refractivity contribution in [2.75, 3.05) is 19.6 Å². The van der Waals surface area contributed by atoms with Crippen LogP contribution in [0, 0.1) is 5.41 Å². The normalized spacial score (nSPS) is 19.4. The number of likely N-dealkylation sites (tertiary alicyclic amines) is 1. The number of carbonyl (C=O) groups excluding carboxylic acids is 1. The van der Waals surface area contributed by atoms with E-state index in [-0.39, 0.29) is 11.5 Å². The number of ether oxygens (including phenoxy) is 1. The Kier molecular flexibility index (Phi) is 5.74. The topological polar surface area (TPSA) is 41.6 Å². The van der Waals surface area contributed by atoms with Crippen LogP contribution < -0.4 is 5.32 Å². The van der Waals surface area contributed by atoms with Gasteiger partial charge in [0.15, 0.2) is 0 Å². The zero-order valence-corrected chi connectivity index (χ0v) is 15.8. The van der Waals surface area contributed by atoms with Crippen LogP contribution >= 0.6 is 11.3 Å². The Hall–Kier alpha value is -1.07. The van der Waals surface area contributed by atoms with Crippen molar-refractivity contribution < 1.29 is 9.53 Å². The molecule has 23 heavy (non-hydrogen) atoms. The van der Waals surface area contributed by atoms with Gasteiger partial charge < -0.3 is 15.0 Å². The third kappa shape index (κ3) is 5.50. The molecule has 1 atom stereocenters. The van der Waals surface area contributed by atoms with E-state index in [1.54, 1.807) is 11.3 Å². The van der Waals surface area contributed by atoms with Gasteiger partial charge in [0.2, 0.25) is 0 Å². The SMILES string of the molecule is CC(NCC1(C)CCN(C(=O)OC(C)(C)C)CC1)c1ccsc1. The van der Waals surface area contributed by atoms with Gasteiger partial charge in [-0.25, -0.2) is 4.79 Å². The fourth-order valence-electron chi connectivity index (χ4n) is 2.77. The van der Waals surface area contributed by atoms with Crippen molar-refractivity contribution in [2.24, 2.45) is 5.41 Å². The quantitative estimate of drug-likeness (QED) is 0.882. The second-order valence-electron chi connectivity index (χ2n) is 7.94. The average Bonchev–Trinajstić information content (AvgIpc) is 2.98. The molecule has 1 fully saturated rings. The molecule has 1 aliphatic rings. The summed E-state index contributed by atoms with van der Waals surface area (Å²) in [5.41, 5.74) is 1.17. The molecule has 1 aromatic heterocycles. The molecule has 2 rings (SSSR count). The third-order valence-electron chi connectivity index (χ3n) is 4.50. The average molecular weight is 339 g/mol. The molecule has 1 unspecified atom stereocenters. The van der Waals surface area contributed by atoms with E-state index < -0.39 is 5.60 Å². The number of hydrogen-bond acceptors (Lipinski definition) is 4. The molecule has 1 amide bonds. The minimum absolute atomic E-state index is 0.181. The number of amides is 1. The first-order valence-electron chi connectivity index (χ1n) is 8.42. The lowest BCUT2D eigenvalue weighted by Crippen LogP contribution is -2.47. The highest BCUT2D eigenvalue weighted by atomic mass is 32.1. The van der Waals surface area contributed by atoms with Gasteiger partial charge in [0.1, 0.15) is 5.60 Å². The number of nitrogens with zero attached hydrogens (tertiary/aromatic N) is 1. The zero-order chi connectivity index (χ0) is 17.1. The van der Waals surface area contributed by atoms with Crippen LogP contribution in [0.15, 0.2) is 16.8 Å². The second-order valence-corrected chi connectivity index (χ2v) is 8.72. The zero-order valence-electron chi connectivity index (χ0n) is 15.0. The molecule has 1 aliphatic heterocycles. The van der Waals surface area contributed by atoms with E-state index in [0.717, 1.165) is 32.5 Å². The van der Waals surface area contributed by atoms with Gasteiger partial charge in [-0.15, -0.1) is 0 Å². The molecule has 2 heterocycles. The van der Waals surface area contributed by atoms with Crippen molar-refractivity contribution in [3.8, 4) is 0 Å². The largest absolute Gasteiger partial charge is 0.444 e. The van der Waals surface area contributed by atoms with Gasteiger partial charge in [-0.2, -0.15) is 11.3 Å². The van der Waals surface area contributed by atoms with E-state index in [0.29, 0.717) is 6.04 Å². The van der Waals surface area contributed by atoms with Crippen LogP contribution in [0.2, 0.25) is 0 Å². The van der Waals surface area contributed by atoms with Crippen molar-refractivity contribution in [3.05, 3.63) is 22.4 Å². The van der Waals surface area contributed by atoms with Crippen molar-refractivity contribution >= 4 is 17.4 Å². The molecular formula is C18H30N2O2S. The number of thiophene rings is 1. The highest BCUT2D eigenvalue weighted by Crippen LogP contribution is 2.31. The molecule has 0 saturated carbocycles. The van der Waals surface area contributed by atoms with Gasteiger partial charge in [0.25, 0.3) is 0 Å². The van der Waals surface area contributed by atoms with Crippen LogP contribution in [0.4, 0.5) is 4.79 Å². The summed E-state index contributed by atoms with van der Waals surface area (Å²) in [5, 5.41) is 7.97. The second kappa shape index (κ2) is 7.22. The van der Waals surface area contributed by atoms with E-state index in [1.165, 1.54) is 5.56 Å². The van der Waals surface area contributed by atoms with Crippen LogP contribution in [-0.2, 0) is 4.74 Å². The Morgan fingerprint density at radius 1 is 1.43 bits per heavy atom. The van der Waals surface area contributed by atoms with Crippen molar-refractivity contribution in [1.82, 2.24) is 10.2 Å². The summed E-state index contributed by atoms with van der Waals surface area (Å²) < 4.78 is 5.47. The number of hydrogen-bond donors (Lipinski definition) is 1. The van der Waals surface area contributed by atoms with E-state index in [1.807, 2.05) is 25.7 Å². The Balaban J connectivity index is 1.79. The van der Waals surface area contributed by atoms with Gasteiger partial charge >= 0.3 is 6.09 Å². The highest BCUT2D eigenvalue weighted by molar-refractivity contribution is 7.07. The fraction of sp³-hybridized carbons (Fsp3) is 0.722. The van der Waals surface area contributed by atoms with E-state index >= 15 is 0 Å². The monoisotopic (exact) mass is 338 g/mol. The van der Waals surface area contributed by atoms with Gasteiger partial charge in [0, 0.05) is 25.7 Å². The first kappa shape index (κ1) is 18.3. The lowest BCUT2D eigenvalue weighted by molar-refractivity contribution is 0.0117. The maximum atomic E-state index is 12.1. The molecule has 0 radical (unpaired) electrons. The Morgan fingerprint density at radius 3 is 2.61 bits per heavy atom. The molecule has 1 saturated heterocycles. The van der Waals surface area contributed by atoms with Crippen LogP contribution in [0.1, 0.15) is 59.1 Å². The number of piperidine rings is 1. The van der Waals surface area contributed by atoms with Crippen LogP contribution in [-0.4, -0.2) is 36.2 Å². The highest BCUT2D eigenvalue weighted by Gasteiger charge is 2.33. The smallest absolute Gasteiger partial charge is 0.410 e. The van der Waals surface area contributed by atoms with Crippen molar-refractivity contribution in [3.63, 3.8) is 0 Å². The van der Waals surface area contributed by atoms with Gasteiger partial charge in [0.05, 0.1) is 0 Å². The third-order valence-corrected chi connectivity index (χ3v) is 5.20. The molecule has 1 N–H and O–H groups in total. The van der Waals surface area contributed by atoms with E-state index in [9.17, 15) is 4.79 Å². The van der Waals surface area contributed by atoms with E-state index in [4.69, 9.17) is 4.74 Å². The van der Waals surface area contributed by atoms with Crippen LogP contribution in [0.25, 0.3) is 0 Å². The van der Waals surface area contributed by atoms with Crippen LogP contribution in [0.5, 0.6) is 0 Å². The molecule has 0 bridgehead atoms. The lowest BCUT2D eigenvalue weighted by Gasteiger charge is -2.40. The summed E-state index contributed by atoms with van der Waals surface area (Å²) in [7, 11) is 0. The minimum atomic E-state index is -0.421. The first-order valence-corrected chi connectivity index (χ1v) is 9.36. The van der Waals surface area contributed by atoms with Gasteiger partial charge in [-0.05, 0) is 68.3 Å². The Labute approximate surface area is 144 Å². The molecule has 1 aromatic rings. The molecule has 130 valence electrons. The number of nitrogens with one attached hydrogen (secondary N) is 1. The summed E-state index contributed by atoms with van der Waals surface area (Å²) in [6.07, 6.45) is 1.84. The summed E-state index contributed by atoms with van der Waals surface area (Å²) in [6.45, 7) is 12.8. The predicted molar refractivity (Wildman–Crippen MR) is 95.9 cm³/mol. The van der Waals surface area contributed by atoms with Gasteiger partial charge in [-0.3, -0.25) is 0 Å². The molecule has 4 nitrogen and oxygen atoms in total. The summed E-state index contributed by atoms with van der Waals surface area (Å²) in [5.74, 6) is 0. The molecule has 0 aliphatic carbocycles. The predicted octanol–water partition coefficient (Wildman–Crippen LogP) is 4.44. The summed E-state index contributed by atoms with van der Waals surface area (Å²) in [6, 6.07) is 2.55. The minimum Gasteiger partial charge on any atom is -0.444 e. The summed E-state index contributed by atoms with van der Waals surface area (Å²) in [4.78, 5) is 14.0. The molecule has 5 heteroatoms.